The van der Waals surface area contributed by atoms with Crippen molar-refractivity contribution < 1.29 is 39.4 Å². The first-order valence-corrected chi connectivity index (χ1v) is 8.21. The van der Waals surface area contributed by atoms with E-state index in [9.17, 15) is 39.5 Å². The Hall–Kier alpha value is -4.48. The minimum atomic E-state index is -1.48. The van der Waals surface area contributed by atoms with Gasteiger partial charge in [-0.2, -0.15) is 0 Å². The van der Waals surface area contributed by atoms with Gasteiger partial charge in [-0.1, -0.05) is 0 Å². The molecule has 0 aromatic heterocycles. The largest absolute Gasteiger partial charge is 0.508 e. The Kier molecular flexibility index (Phi) is 6.32. The summed E-state index contributed by atoms with van der Waals surface area (Å²) in [6.45, 7) is 1.31. The maximum Gasteiger partial charge on any atom is 0.336 e. The maximum absolute atomic E-state index is 12.4. The van der Waals surface area contributed by atoms with Gasteiger partial charge in [0.1, 0.15) is 5.75 Å². The summed E-state index contributed by atoms with van der Waals surface area (Å²) in [5.41, 5.74) is -2.24. The lowest BCUT2D eigenvalue weighted by molar-refractivity contribution is -0.384. The van der Waals surface area contributed by atoms with Crippen LogP contribution in [0.3, 0.4) is 0 Å². The van der Waals surface area contributed by atoms with Crippen LogP contribution in [0.4, 0.5) is 5.69 Å². The molecule has 30 heavy (non-hydrogen) atoms. The van der Waals surface area contributed by atoms with Gasteiger partial charge in [-0.05, 0) is 31.2 Å². The molecule has 2 aromatic carbocycles. The summed E-state index contributed by atoms with van der Waals surface area (Å²) in [6.07, 6.45) is -1.11. The summed E-state index contributed by atoms with van der Waals surface area (Å²) < 4.78 is 0. The number of nitrogens with zero attached hydrogens (tertiary/aromatic N) is 1. The Morgan fingerprint density at radius 3 is 1.93 bits per heavy atom. The van der Waals surface area contributed by atoms with Gasteiger partial charge in [-0.25, -0.2) is 9.59 Å². The number of nitro benzene ring substituents is 1. The van der Waals surface area contributed by atoms with Crippen LogP contribution >= 0.6 is 0 Å². The first-order chi connectivity index (χ1) is 14.0. The van der Waals surface area contributed by atoms with Crippen molar-refractivity contribution >= 4 is 29.4 Å². The third kappa shape index (κ3) is 4.86. The molecule has 1 atom stereocenters. The second kappa shape index (κ2) is 8.68. The van der Waals surface area contributed by atoms with Crippen LogP contribution in [0.25, 0.3) is 0 Å². The molecule has 0 bridgehead atoms. The van der Waals surface area contributed by atoms with Crippen molar-refractivity contribution in [2.75, 3.05) is 0 Å². The lowest BCUT2D eigenvalue weighted by Crippen LogP contribution is -2.46. The fourth-order valence-corrected chi connectivity index (χ4v) is 2.51. The third-order valence-corrected chi connectivity index (χ3v) is 3.86. The number of phenolic OH excluding ortho intramolecular Hbond substituents is 1. The molecule has 2 rings (SSSR count). The molecular formula is C18H15N3O9. The van der Waals surface area contributed by atoms with Gasteiger partial charge in [0.15, 0.2) is 0 Å². The lowest BCUT2D eigenvalue weighted by atomic mass is 10.1. The SMILES string of the molecule is CC(NC(=O)c1ccc(O)cc1C(=O)O)NC(=O)c1cc([N+](=O)[O-])ccc1C(=O)O. The number of amides is 2. The predicted octanol–water partition coefficient (Wildman–Crippen LogP) is 1.20. The number of rotatable bonds is 7. The molecule has 156 valence electrons. The van der Waals surface area contributed by atoms with Gasteiger partial charge in [0.2, 0.25) is 0 Å². The first kappa shape index (κ1) is 21.8. The number of phenols is 1. The van der Waals surface area contributed by atoms with Gasteiger partial charge in [-0.15, -0.1) is 0 Å². The minimum absolute atomic E-state index is 0.289. The topological polar surface area (TPSA) is 196 Å². The Morgan fingerprint density at radius 1 is 0.867 bits per heavy atom. The molecule has 0 aliphatic carbocycles. The van der Waals surface area contributed by atoms with Gasteiger partial charge in [0.05, 0.1) is 33.3 Å². The van der Waals surface area contributed by atoms with Crippen LogP contribution in [0.5, 0.6) is 5.75 Å². The Balaban J connectivity index is 2.22. The number of nitrogens with one attached hydrogen (secondary N) is 2. The van der Waals surface area contributed by atoms with E-state index in [0.29, 0.717) is 0 Å². The van der Waals surface area contributed by atoms with Crippen LogP contribution in [-0.2, 0) is 0 Å². The van der Waals surface area contributed by atoms with Crippen molar-refractivity contribution in [3.63, 3.8) is 0 Å². The fraction of sp³-hybridized carbons (Fsp3) is 0.111. The number of carboxylic acid groups (broad SMARTS) is 2. The lowest BCUT2D eigenvalue weighted by Gasteiger charge is -2.17. The number of aromatic hydroxyl groups is 1. The highest BCUT2D eigenvalue weighted by molar-refractivity contribution is 6.07. The van der Waals surface area contributed by atoms with Crippen LogP contribution in [0, 0.1) is 10.1 Å². The van der Waals surface area contributed by atoms with Crippen molar-refractivity contribution in [3.8, 4) is 5.75 Å². The molecule has 12 nitrogen and oxygen atoms in total. The van der Waals surface area contributed by atoms with Crippen LogP contribution < -0.4 is 10.6 Å². The molecule has 0 aliphatic heterocycles. The van der Waals surface area contributed by atoms with E-state index in [1.54, 1.807) is 0 Å². The molecule has 12 heteroatoms. The monoisotopic (exact) mass is 417 g/mol. The number of carboxylic acids is 2. The molecule has 0 saturated carbocycles. The van der Waals surface area contributed by atoms with E-state index < -0.39 is 57.2 Å². The number of carbonyl (C=O) groups is 4. The molecule has 5 N–H and O–H groups in total. The van der Waals surface area contributed by atoms with Crippen molar-refractivity contribution in [2.24, 2.45) is 0 Å². The molecule has 0 spiro atoms. The molecule has 0 fully saturated rings. The molecule has 2 amide bonds. The number of nitro groups is 1. The minimum Gasteiger partial charge on any atom is -0.508 e. The van der Waals surface area contributed by atoms with E-state index in [2.05, 4.69) is 10.6 Å². The number of benzene rings is 2. The second-order valence-electron chi connectivity index (χ2n) is 6.00. The summed E-state index contributed by atoms with van der Waals surface area (Å²) in [4.78, 5) is 57.4. The van der Waals surface area contributed by atoms with E-state index in [1.807, 2.05) is 0 Å². The number of aromatic carboxylic acids is 2. The average Bonchev–Trinajstić information content (AvgIpc) is 2.66. The summed E-state index contributed by atoms with van der Waals surface area (Å²) in [5, 5.41) is 43.2. The summed E-state index contributed by atoms with van der Waals surface area (Å²) in [5.74, 6) is -5.21. The van der Waals surface area contributed by atoms with Gasteiger partial charge < -0.3 is 26.0 Å². The average molecular weight is 417 g/mol. The first-order valence-electron chi connectivity index (χ1n) is 8.21. The quantitative estimate of drug-likeness (QED) is 0.250. The van der Waals surface area contributed by atoms with Gasteiger partial charge in [-0.3, -0.25) is 19.7 Å². The number of carbonyl (C=O) groups excluding carboxylic acids is 2. The standard InChI is InChI=1S/C18H15N3O9/c1-8(19-15(23)11-5-3-10(22)7-14(11)18(27)28)20-16(24)13-6-9(21(29)30)2-4-12(13)17(25)26/h2-8,22H,1H3,(H,19,23)(H,20,24)(H,25,26)(H,27,28). The van der Waals surface area contributed by atoms with E-state index >= 15 is 0 Å². The maximum atomic E-state index is 12.4. The zero-order valence-electron chi connectivity index (χ0n) is 15.3. The van der Waals surface area contributed by atoms with E-state index in [-0.39, 0.29) is 11.3 Å². The summed E-state index contributed by atoms with van der Waals surface area (Å²) in [7, 11) is 0. The molecule has 0 aliphatic rings. The fourth-order valence-electron chi connectivity index (χ4n) is 2.51. The molecule has 0 radical (unpaired) electrons. The molecule has 0 saturated heterocycles. The molecular weight excluding hydrogens is 402 g/mol. The summed E-state index contributed by atoms with van der Waals surface area (Å²) in [6, 6.07) is 5.69. The van der Waals surface area contributed by atoms with E-state index in [1.165, 1.54) is 6.92 Å². The number of non-ortho nitro benzene ring substituents is 1. The van der Waals surface area contributed by atoms with Crippen molar-refractivity contribution in [3.05, 3.63) is 68.8 Å². The Bertz CT molecular complexity index is 1060. The van der Waals surface area contributed by atoms with Crippen molar-refractivity contribution in [1.82, 2.24) is 10.6 Å². The third-order valence-electron chi connectivity index (χ3n) is 3.86. The Labute approximate surface area is 167 Å². The Morgan fingerprint density at radius 2 is 1.40 bits per heavy atom. The molecule has 2 aromatic rings. The van der Waals surface area contributed by atoms with E-state index in [0.717, 1.165) is 36.4 Å². The second-order valence-corrected chi connectivity index (χ2v) is 6.00. The van der Waals surface area contributed by atoms with Gasteiger partial charge in [0.25, 0.3) is 17.5 Å². The highest BCUT2D eigenvalue weighted by Crippen LogP contribution is 2.19. The van der Waals surface area contributed by atoms with Crippen LogP contribution in [0.1, 0.15) is 48.4 Å². The zero-order chi connectivity index (χ0) is 22.6. The number of hydrogen-bond acceptors (Lipinski definition) is 7. The van der Waals surface area contributed by atoms with E-state index in [4.69, 9.17) is 5.11 Å². The zero-order valence-corrected chi connectivity index (χ0v) is 15.3. The molecule has 1 unspecified atom stereocenters. The van der Waals surface area contributed by atoms with Crippen molar-refractivity contribution in [1.29, 1.82) is 0 Å². The number of hydrogen-bond donors (Lipinski definition) is 5. The van der Waals surface area contributed by atoms with Gasteiger partial charge >= 0.3 is 11.9 Å². The molecule has 0 heterocycles. The van der Waals surface area contributed by atoms with Gasteiger partial charge in [0, 0.05) is 12.1 Å². The smallest absolute Gasteiger partial charge is 0.336 e. The highest BCUT2D eigenvalue weighted by Gasteiger charge is 2.23. The normalized spacial score (nSPS) is 11.2. The highest BCUT2D eigenvalue weighted by atomic mass is 16.6. The predicted molar refractivity (Wildman–Crippen MR) is 99.5 cm³/mol. The van der Waals surface area contributed by atoms with Crippen LogP contribution in [0.15, 0.2) is 36.4 Å². The van der Waals surface area contributed by atoms with Crippen molar-refractivity contribution in [2.45, 2.75) is 13.1 Å². The van der Waals surface area contributed by atoms with Crippen LogP contribution in [-0.4, -0.2) is 50.2 Å². The van der Waals surface area contributed by atoms with Crippen LogP contribution in [0.2, 0.25) is 0 Å². The summed E-state index contributed by atoms with van der Waals surface area (Å²) >= 11 is 0.